The summed E-state index contributed by atoms with van der Waals surface area (Å²) in [7, 11) is 0. The molecule has 2 aliphatic carbocycles. The van der Waals surface area contributed by atoms with Crippen molar-refractivity contribution < 1.29 is 32.0 Å². The van der Waals surface area contributed by atoms with Gasteiger partial charge in [0.1, 0.15) is 11.4 Å². The second-order valence-corrected chi connectivity index (χ2v) is 11.8. The third-order valence-corrected chi connectivity index (χ3v) is 7.14. The van der Waals surface area contributed by atoms with E-state index in [2.05, 4.69) is 16.9 Å². The molecule has 2 fully saturated rings. The molecule has 0 N–H and O–H groups in total. The molecular formula is C29H29ClF4N4O4. The molecule has 8 nitrogen and oxygen atoms in total. The van der Waals surface area contributed by atoms with Crippen molar-refractivity contribution in [3.05, 3.63) is 91.9 Å². The fourth-order valence-corrected chi connectivity index (χ4v) is 4.91. The number of carbonyl (C=O) groups excluding carboxylic acids is 1. The standard InChI is InChI=1S/C19H19ClF2N4O4.C10H10F2/c1-9-23-16(20)15(26(28)29)17(24-9)25(18(27)30-19(2,3)4)14-8-11(14)10-5-6-12(21)13(22)7-10;1-6-4-8(6)7-2-3-9(11)10(12)5-7/h5-7,11,14H,8H2,1-4H3;2-3,5-6,8H,4H2,1H3/t11-,14?;6-,8-/m01/s1. The Balaban J connectivity index is 0.000000279. The van der Waals surface area contributed by atoms with E-state index in [1.807, 2.05) is 0 Å². The Bertz CT molecular complexity index is 1530. The number of ether oxygens (including phenoxy) is 1. The van der Waals surface area contributed by atoms with Crippen LogP contribution >= 0.6 is 11.6 Å². The van der Waals surface area contributed by atoms with Crippen LogP contribution in [0, 0.1) is 46.2 Å². The van der Waals surface area contributed by atoms with Gasteiger partial charge in [-0.25, -0.2) is 32.3 Å². The van der Waals surface area contributed by atoms with Gasteiger partial charge in [-0.05, 0) is 87.8 Å². The summed E-state index contributed by atoms with van der Waals surface area (Å²) < 4.78 is 57.6. The first-order valence-electron chi connectivity index (χ1n) is 13.2. The molecule has 4 atom stereocenters. The van der Waals surface area contributed by atoms with Crippen LogP contribution in [0.4, 0.5) is 33.9 Å². The molecule has 0 bridgehead atoms. The molecule has 3 aromatic rings. The molecule has 0 spiro atoms. The SMILES string of the molecule is C[C@@H]1C[C@H]1c1ccc(F)c(F)c1.Cc1nc(Cl)c([N+](=O)[O-])c(N(C(=O)OC(C)(C)C)C2C[C@H]2c2ccc(F)c(F)c2)n1. The minimum Gasteiger partial charge on any atom is -0.443 e. The van der Waals surface area contributed by atoms with Crippen molar-refractivity contribution in [2.45, 2.75) is 70.9 Å². The molecule has 1 amide bonds. The van der Waals surface area contributed by atoms with Gasteiger partial charge in [-0.2, -0.15) is 0 Å². The van der Waals surface area contributed by atoms with Crippen LogP contribution in [0.5, 0.6) is 0 Å². The molecular weight excluding hydrogens is 580 g/mol. The lowest BCUT2D eigenvalue weighted by Gasteiger charge is -2.27. The second-order valence-electron chi connectivity index (χ2n) is 11.4. The van der Waals surface area contributed by atoms with E-state index in [1.165, 1.54) is 25.1 Å². The van der Waals surface area contributed by atoms with Gasteiger partial charge in [-0.3, -0.25) is 15.0 Å². The van der Waals surface area contributed by atoms with Crippen LogP contribution < -0.4 is 4.90 Å². The highest BCUT2D eigenvalue weighted by Crippen LogP contribution is 2.49. The van der Waals surface area contributed by atoms with Gasteiger partial charge in [0.05, 0.1) is 4.92 Å². The minimum atomic E-state index is -1.02. The van der Waals surface area contributed by atoms with E-state index >= 15 is 0 Å². The van der Waals surface area contributed by atoms with E-state index in [9.17, 15) is 32.5 Å². The maximum atomic E-state index is 13.7. The van der Waals surface area contributed by atoms with Gasteiger partial charge in [0.25, 0.3) is 0 Å². The Morgan fingerprint density at radius 1 is 0.976 bits per heavy atom. The third-order valence-electron chi connectivity index (χ3n) is 6.88. The zero-order valence-electron chi connectivity index (χ0n) is 23.5. The van der Waals surface area contributed by atoms with Crippen molar-refractivity contribution in [3.63, 3.8) is 0 Å². The minimum absolute atomic E-state index is 0.124. The predicted octanol–water partition coefficient (Wildman–Crippen LogP) is 8.01. The molecule has 1 aromatic heterocycles. The maximum Gasteiger partial charge on any atom is 0.416 e. The Morgan fingerprint density at radius 2 is 1.50 bits per heavy atom. The molecule has 1 heterocycles. The summed E-state index contributed by atoms with van der Waals surface area (Å²) in [6, 6.07) is 7.01. The number of benzene rings is 2. The van der Waals surface area contributed by atoms with Crippen LogP contribution in [0.1, 0.15) is 69.3 Å². The molecule has 2 aliphatic rings. The van der Waals surface area contributed by atoms with E-state index in [-0.39, 0.29) is 17.6 Å². The third kappa shape index (κ3) is 7.15. The molecule has 5 rings (SSSR count). The van der Waals surface area contributed by atoms with Gasteiger partial charge < -0.3 is 4.74 Å². The summed E-state index contributed by atoms with van der Waals surface area (Å²) in [5, 5.41) is 11.2. The average Bonchev–Trinajstić information content (AvgIpc) is 3.79. The van der Waals surface area contributed by atoms with Gasteiger partial charge in [-0.1, -0.05) is 30.7 Å². The number of anilines is 1. The number of aromatic nitrogens is 2. The number of rotatable bonds is 5. The van der Waals surface area contributed by atoms with Crippen molar-refractivity contribution in [2.75, 3.05) is 4.90 Å². The number of halogens is 5. The van der Waals surface area contributed by atoms with Crippen LogP contribution in [0.3, 0.4) is 0 Å². The Hall–Kier alpha value is -3.80. The predicted molar refractivity (Wildman–Crippen MR) is 148 cm³/mol. The highest BCUT2D eigenvalue weighted by Gasteiger charge is 2.50. The van der Waals surface area contributed by atoms with E-state index in [0.29, 0.717) is 23.8 Å². The highest BCUT2D eigenvalue weighted by atomic mass is 35.5. The largest absolute Gasteiger partial charge is 0.443 e. The fourth-order valence-electron chi connectivity index (χ4n) is 4.63. The Morgan fingerprint density at radius 3 is 1.95 bits per heavy atom. The molecule has 42 heavy (non-hydrogen) atoms. The molecule has 224 valence electrons. The van der Waals surface area contributed by atoms with Gasteiger partial charge in [0.15, 0.2) is 23.3 Å². The summed E-state index contributed by atoms with van der Waals surface area (Å²) in [5.74, 6) is -2.97. The summed E-state index contributed by atoms with van der Waals surface area (Å²) in [4.78, 5) is 32.7. The normalized spacial score (nSPS) is 20.7. The average molecular weight is 609 g/mol. The van der Waals surface area contributed by atoms with E-state index in [0.717, 1.165) is 29.0 Å². The zero-order valence-corrected chi connectivity index (χ0v) is 24.3. The number of hydrogen-bond donors (Lipinski definition) is 0. The van der Waals surface area contributed by atoms with Crippen molar-refractivity contribution in [1.82, 2.24) is 9.97 Å². The van der Waals surface area contributed by atoms with E-state index < -0.39 is 56.8 Å². The Kier molecular flexibility index (Phi) is 8.77. The number of aryl methyl sites for hydroxylation is 1. The summed E-state index contributed by atoms with van der Waals surface area (Å²) in [6.45, 7) is 8.54. The van der Waals surface area contributed by atoms with Crippen LogP contribution in [0.15, 0.2) is 36.4 Å². The van der Waals surface area contributed by atoms with Crippen molar-refractivity contribution >= 4 is 29.2 Å². The quantitative estimate of drug-likeness (QED) is 0.126. The number of nitrogens with zero attached hydrogens (tertiary/aromatic N) is 4. The van der Waals surface area contributed by atoms with Gasteiger partial charge >= 0.3 is 11.8 Å². The first-order chi connectivity index (χ1) is 19.6. The summed E-state index contributed by atoms with van der Waals surface area (Å²) in [5.41, 5.74) is -0.139. The van der Waals surface area contributed by atoms with Crippen LogP contribution in [-0.4, -0.2) is 32.6 Å². The van der Waals surface area contributed by atoms with E-state index in [4.69, 9.17) is 16.3 Å². The van der Waals surface area contributed by atoms with Crippen LogP contribution in [0.25, 0.3) is 0 Å². The zero-order chi connectivity index (χ0) is 31.1. The highest BCUT2D eigenvalue weighted by molar-refractivity contribution is 6.32. The van der Waals surface area contributed by atoms with E-state index in [1.54, 1.807) is 26.8 Å². The lowest BCUT2D eigenvalue weighted by Crippen LogP contribution is -2.40. The first-order valence-corrected chi connectivity index (χ1v) is 13.6. The molecule has 2 aromatic carbocycles. The Labute approximate surface area is 244 Å². The number of hydrogen-bond acceptors (Lipinski definition) is 6. The fraction of sp³-hybridized carbons (Fsp3) is 0.414. The molecule has 0 aliphatic heterocycles. The lowest BCUT2D eigenvalue weighted by molar-refractivity contribution is -0.384. The number of carbonyl (C=O) groups is 1. The molecule has 13 heteroatoms. The van der Waals surface area contributed by atoms with Crippen LogP contribution in [0.2, 0.25) is 5.15 Å². The monoisotopic (exact) mass is 608 g/mol. The smallest absolute Gasteiger partial charge is 0.416 e. The maximum absolute atomic E-state index is 13.7. The van der Waals surface area contributed by atoms with Gasteiger partial charge in [0, 0.05) is 12.0 Å². The molecule has 0 radical (unpaired) electrons. The van der Waals surface area contributed by atoms with Crippen LogP contribution in [-0.2, 0) is 4.74 Å². The van der Waals surface area contributed by atoms with Crippen molar-refractivity contribution in [2.24, 2.45) is 5.92 Å². The molecule has 0 saturated heterocycles. The summed E-state index contributed by atoms with van der Waals surface area (Å²) in [6.07, 6.45) is 0.586. The lowest BCUT2D eigenvalue weighted by atomic mass is 10.1. The van der Waals surface area contributed by atoms with Gasteiger partial charge in [0.2, 0.25) is 11.0 Å². The summed E-state index contributed by atoms with van der Waals surface area (Å²) >= 11 is 5.97. The molecule has 1 unspecified atom stereocenters. The molecule has 2 saturated carbocycles. The topological polar surface area (TPSA) is 98.5 Å². The first kappa shape index (κ1) is 31.1. The second kappa shape index (κ2) is 11.8. The number of amides is 1. The van der Waals surface area contributed by atoms with Crippen molar-refractivity contribution in [1.29, 1.82) is 0 Å². The van der Waals surface area contributed by atoms with Crippen molar-refractivity contribution in [3.8, 4) is 0 Å². The number of nitro groups is 1. The van der Waals surface area contributed by atoms with Gasteiger partial charge in [-0.15, -0.1) is 0 Å².